The number of anilines is 2. The maximum Gasteiger partial charge on any atom is 0.418 e. The second kappa shape index (κ2) is 9.72. The van der Waals surface area contributed by atoms with Crippen LogP contribution in [0.2, 0.25) is 0 Å². The number of allylic oxidation sites excluding steroid dienone is 2. The van der Waals surface area contributed by atoms with E-state index in [4.69, 9.17) is 0 Å². The molecule has 0 radical (unpaired) electrons. The second-order valence-electron chi connectivity index (χ2n) is 8.36. The van der Waals surface area contributed by atoms with E-state index in [1.54, 1.807) is 17.0 Å². The fourth-order valence-electron chi connectivity index (χ4n) is 4.15. The number of fused-ring (bicyclic) bond motifs is 1. The van der Waals surface area contributed by atoms with Gasteiger partial charge < -0.3 is 15.5 Å². The van der Waals surface area contributed by atoms with Gasteiger partial charge in [0.25, 0.3) is 0 Å². The van der Waals surface area contributed by atoms with Crippen molar-refractivity contribution in [2.75, 3.05) is 36.4 Å². The standard InChI is InChI=1S/C23H21F5N8/c24-14-8-15(25)10-32-19(9-14)34-18-7-13(1-2-31-18)21-33-17-12-30-11-16(23(26,27)28)20(17)22(35-21)36-5-3-29-4-6-36/h1-2,7-8,10-12,14,19,29H,3-6,9H2,(H,31,34). The average molecular weight is 504 g/mol. The van der Waals surface area contributed by atoms with Gasteiger partial charge in [-0.15, -0.1) is 0 Å². The van der Waals surface area contributed by atoms with E-state index in [-0.39, 0.29) is 29.0 Å². The minimum Gasteiger partial charge on any atom is -0.353 e. The molecule has 0 amide bonds. The Kier molecular flexibility index (Phi) is 6.48. The summed E-state index contributed by atoms with van der Waals surface area (Å²) >= 11 is 0. The highest BCUT2D eigenvalue weighted by Gasteiger charge is 2.36. The Morgan fingerprint density at radius 3 is 2.69 bits per heavy atom. The van der Waals surface area contributed by atoms with Crippen LogP contribution in [0.3, 0.4) is 0 Å². The molecule has 13 heteroatoms. The summed E-state index contributed by atoms with van der Waals surface area (Å²) in [5, 5.41) is 6.02. The summed E-state index contributed by atoms with van der Waals surface area (Å²) < 4.78 is 68.9. The first-order chi connectivity index (χ1) is 17.3. The maximum absolute atomic E-state index is 13.9. The van der Waals surface area contributed by atoms with Crippen LogP contribution in [0.1, 0.15) is 12.0 Å². The number of piperazine rings is 1. The fraction of sp³-hybridized carbons (Fsp3) is 0.348. The molecule has 5 heterocycles. The molecule has 0 saturated carbocycles. The van der Waals surface area contributed by atoms with E-state index in [9.17, 15) is 22.0 Å². The van der Waals surface area contributed by atoms with Gasteiger partial charge in [-0.2, -0.15) is 13.2 Å². The molecule has 36 heavy (non-hydrogen) atoms. The molecule has 188 valence electrons. The van der Waals surface area contributed by atoms with Crippen molar-refractivity contribution in [1.29, 1.82) is 0 Å². The predicted octanol–water partition coefficient (Wildman–Crippen LogP) is 3.92. The van der Waals surface area contributed by atoms with Crippen LogP contribution in [0.25, 0.3) is 22.3 Å². The number of alkyl halides is 4. The molecule has 3 aromatic rings. The van der Waals surface area contributed by atoms with Gasteiger partial charge in [-0.1, -0.05) is 0 Å². The quantitative estimate of drug-likeness (QED) is 0.521. The SMILES string of the molecule is FC1=CC(F)CC(Nc2cc(-c3nc(N4CCNCC4)c4c(C(F)(F)F)cncc4n3)ccn2)N=C1. The van der Waals surface area contributed by atoms with Crippen molar-refractivity contribution in [3.05, 3.63) is 48.2 Å². The lowest BCUT2D eigenvalue weighted by atomic mass is 10.1. The molecule has 1 fully saturated rings. The highest BCUT2D eigenvalue weighted by Crippen LogP contribution is 2.38. The number of aromatic nitrogens is 4. The van der Waals surface area contributed by atoms with Gasteiger partial charge >= 0.3 is 6.18 Å². The van der Waals surface area contributed by atoms with Crippen molar-refractivity contribution in [2.45, 2.75) is 24.9 Å². The predicted molar refractivity (Wildman–Crippen MR) is 125 cm³/mol. The molecule has 3 aromatic heterocycles. The van der Waals surface area contributed by atoms with Gasteiger partial charge in [-0.05, 0) is 18.2 Å². The molecule has 2 atom stereocenters. The van der Waals surface area contributed by atoms with Crippen molar-refractivity contribution in [2.24, 2.45) is 4.99 Å². The van der Waals surface area contributed by atoms with Gasteiger partial charge in [0.1, 0.15) is 29.8 Å². The summed E-state index contributed by atoms with van der Waals surface area (Å²) in [6, 6.07) is 3.20. The first kappa shape index (κ1) is 24.0. The minimum absolute atomic E-state index is 0.0601. The average Bonchev–Trinajstić information content (AvgIpc) is 3.02. The molecule has 0 aliphatic carbocycles. The largest absolute Gasteiger partial charge is 0.418 e. The normalized spacial score (nSPS) is 20.8. The number of nitrogens with zero attached hydrogens (tertiary/aromatic N) is 6. The van der Waals surface area contributed by atoms with E-state index in [0.29, 0.717) is 37.6 Å². The zero-order valence-electron chi connectivity index (χ0n) is 18.8. The van der Waals surface area contributed by atoms with E-state index >= 15 is 0 Å². The number of halogens is 5. The van der Waals surface area contributed by atoms with Gasteiger partial charge in [0, 0.05) is 50.6 Å². The molecule has 2 aliphatic rings. The maximum atomic E-state index is 13.9. The van der Waals surface area contributed by atoms with Crippen LogP contribution >= 0.6 is 0 Å². The monoisotopic (exact) mass is 504 g/mol. The van der Waals surface area contributed by atoms with E-state index in [0.717, 1.165) is 18.5 Å². The lowest BCUT2D eigenvalue weighted by Crippen LogP contribution is -2.44. The molecular weight excluding hydrogens is 483 g/mol. The lowest BCUT2D eigenvalue weighted by Gasteiger charge is -2.30. The first-order valence-electron chi connectivity index (χ1n) is 11.2. The third kappa shape index (κ3) is 5.10. The van der Waals surface area contributed by atoms with Gasteiger partial charge in [0.05, 0.1) is 28.9 Å². The van der Waals surface area contributed by atoms with Crippen LogP contribution in [0.15, 0.2) is 47.6 Å². The molecule has 2 aliphatic heterocycles. The fourth-order valence-corrected chi connectivity index (χ4v) is 4.15. The topological polar surface area (TPSA) is 91.2 Å². The second-order valence-corrected chi connectivity index (χ2v) is 8.36. The van der Waals surface area contributed by atoms with E-state index in [1.165, 1.54) is 12.4 Å². The Hall–Kier alpha value is -3.74. The van der Waals surface area contributed by atoms with Crippen molar-refractivity contribution in [1.82, 2.24) is 25.3 Å². The molecule has 0 bridgehead atoms. The third-order valence-corrected chi connectivity index (χ3v) is 5.81. The molecule has 0 spiro atoms. The summed E-state index contributed by atoms with van der Waals surface area (Å²) in [6.45, 7) is 2.15. The van der Waals surface area contributed by atoms with Gasteiger partial charge in [-0.25, -0.2) is 23.7 Å². The summed E-state index contributed by atoms with van der Waals surface area (Å²) in [4.78, 5) is 22.7. The van der Waals surface area contributed by atoms with Crippen LogP contribution in [-0.2, 0) is 6.18 Å². The van der Waals surface area contributed by atoms with E-state index in [1.807, 2.05) is 0 Å². The highest BCUT2D eigenvalue weighted by atomic mass is 19.4. The molecule has 1 saturated heterocycles. The van der Waals surface area contributed by atoms with Crippen molar-refractivity contribution < 1.29 is 22.0 Å². The molecule has 2 unspecified atom stereocenters. The van der Waals surface area contributed by atoms with Gasteiger partial charge in [0.2, 0.25) is 0 Å². The highest BCUT2D eigenvalue weighted by molar-refractivity contribution is 5.94. The zero-order chi connectivity index (χ0) is 25.3. The number of pyridine rings is 2. The Bertz CT molecular complexity index is 1320. The Labute approximate surface area is 202 Å². The number of hydrogen-bond acceptors (Lipinski definition) is 8. The first-order valence-corrected chi connectivity index (χ1v) is 11.2. The van der Waals surface area contributed by atoms with Crippen LogP contribution in [0.4, 0.5) is 33.6 Å². The van der Waals surface area contributed by atoms with Gasteiger partial charge in [0.15, 0.2) is 5.82 Å². The molecule has 5 rings (SSSR count). The molecule has 0 aromatic carbocycles. The molecule has 8 nitrogen and oxygen atoms in total. The Balaban J connectivity index is 1.55. The van der Waals surface area contributed by atoms with E-state index < -0.39 is 29.9 Å². The number of nitrogens with one attached hydrogen (secondary N) is 2. The minimum atomic E-state index is -4.63. The number of aliphatic imine (C=N–C) groups is 1. The lowest BCUT2D eigenvalue weighted by molar-refractivity contribution is -0.136. The number of rotatable bonds is 4. The summed E-state index contributed by atoms with van der Waals surface area (Å²) in [5.41, 5.74) is -0.364. The zero-order valence-corrected chi connectivity index (χ0v) is 18.8. The summed E-state index contributed by atoms with van der Waals surface area (Å²) in [5.74, 6) is -0.0973. The van der Waals surface area contributed by atoms with Crippen molar-refractivity contribution in [3.8, 4) is 11.4 Å². The van der Waals surface area contributed by atoms with Crippen molar-refractivity contribution >= 4 is 28.8 Å². The van der Waals surface area contributed by atoms with Crippen LogP contribution < -0.4 is 15.5 Å². The van der Waals surface area contributed by atoms with E-state index in [2.05, 4.69) is 35.6 Å². The molecular formula is C23H21F5N8. The van der Waals surface area contributed by atoms with Crippen molar-refractivity contribution in [3.63, 3.8) is 0 Å². The van der Waals surface area contributed by atoms with Gasteiger partial charge in [-0.3, -0.25) is 9.98 Å². The third-order valence-electron chi connectivity index (χ3n) is 5.81. The Morgan fingerprint density at radius 2 is 1.92 bits per heavy atom. The number of hydrogen-bond donors (Lipinski definition) is 2. The summed E-state index contributed by atoms with van der Waals surface area (Å²) in [6.07, 6.45) is -1.69. The van der Waals surface area contributed by atoms with Crippen LogP contribution in [-0.4, -0.2) is 64.7 Å². The van der Waals surface area contributed by atoms with Crippen LogP contribution in [0, 0.1) is 0 Å². The van der Waals surface area contributed by atoms with Crippen LogP contribution in [0.5, 0.6) is 0 Å². The smallest absolute Gasteiger partial charge is 0.353 e. The Morgan fingerprint density at radius 1 is 1.11 bits per heavy atom. The molecule has 2 N–H and O–H groups in total. The summed E-state index contributed by atoms with van der Waals surface area (Å²) in [7, 11) is 0.